The zero-order valence-corrected chi connectivity index (χ0v) is 14.9. The van der Waals surface area contributed by atoms with E-state index in [1.807, 2.05) is 42.5 Å². The molecule has 2 nitrogen and oxygen atoms in total. The summed E-state index contributed by atoms with van der Waals surface area (Å²) in [5, 5.41) is 0.964. The van der Waals surface area contributed by atoms with E-state index in [0.717, 1.165) is 30.3 Å². The first kappa shape index (κ1) is 14.9. The number of hydrogen-bond donors (Lipinski definition) is 1. The first-order valence-electron chi connectivity index (χ1n) is 6.32. The number of ketones is 1. The molecule has 1 heterocycles. The second-order valence-electron chi connectivity index (χ2n) is 4.56. The first-order chi connectivity index (χ1) is 10.1. The topological polar surface area (TPSA) is 32.9 Å². The summed E-state index contributed by atoms with van der Waals surface area (Å²) in [6, 6.07) is 13.9. The number of H-pyrrole nitrogens is 1. The number of Topliss-reactive ketones (excluding diaryl/α,β-unsaturated/α-hetero) is 1. The predicted octanol–water partition coefficient (Wildman–Crippen LogP) is 5.67. The molecule has 0 aliphatic rings. The molecule has 1 N–H and O–H groups in total. The third-order valence-electron chi connectivity index (χ3n) is 3.13. The van der Waals surface area contributed by atoms with E-state index in [9.17, 15) is 4.79 Å². The van der Waals surface area contributed by atoms with Crippen LogP contribution in [-0.4, -0.2) is 16.5 Å². The van der Waals surface area contributed by atoms with Crippen molar-refractivity contribution in [3.05, 3.63) is 63.2 Å². The molecule has 0 unspecified atom stereocenters. The molecule has 0 spiro atoms. The predicted molar refractivity (Wildman–Crippen MR) is 95.2 cm³/mol. The van der Waals surface area contributed by atoms with Crippen molar-refractivity contribution >= 4 is 60.3 Å². The number of fused-ring (bicyclic) bond motifs is 1. The molecule has 0 saturated carbocycles. The molecular formula is C16H11Br2NOS. The zero-order chi connectivity index (χ0) is 14.8. The second kappa shape index (κ2) is 6.38. The summed E-state index contributed by atoms with van der Waals surface area (Å²) in [4.78, 5) is 16.6. The lowest BCUT2D eigenvalue weighted by Crippen LogP contribution is -2.01. The number of aromatic amines is 1. The van der Waals surface area contributed by atoms with Crippen LogP contribution in [0.15, 0.2) is 62.5 Å². The third-order valence-corrected chi connectivity index (χ3v) is 5.16. The summed E-state index contributed by atoms with van der Waals surface area (Å²) in [6.07, 6.45) is 1.79. The van der Waals surface area contributed by atoms with Gasteiger partial charge in [-0.15, -0.1) is 11.8 Å². The van der Waals surface area contributed by atoms with Crippen LogP contribution < -0.4 is 0 Å². The van der Waals surface area contributed by atoms with Crippen LogP contribution in [0.1, 0.15) is 10.4 Å². The van der Waals surface area contributed by atoms with Crippen LogP contribution >= 0.6 is 43.6 Å². The molecule has 106 valence electrons. The van der Waals surface area contributed by atoms with E-state index in [0.29, 0.717) is 5.75 Å². The summed E-state index contributed by atoms with van der Waals surface area (Å²) >= 11 is 8.41. The molecule has 0 fully saturated rings. The average molecular weight is 425 g/mol. The minimum Gasteiger partial charge on any atom is -0.360 e. The molecule has 0 radical (unpaired) electrons. The van der Waals surface area contributed by atoms with Gasteiger partial charge in [0, 0.05) is 36.5 Å². The lowest BCUT2D eigenvalue weighted by Gasteiger charge is -2.01. The Morgan fingerprint density at radius 3 is 2.52 bits per heavy atom. The van der Waals surface area contributed by atoms with Gasteiger partial charge in [-0.2, -0.15) is 0 Å². The molecule has 0 atom stereocenters. The number of carbonyl (C=O) groups excluding carboxylic acids is 1. The van der Waals surface area contributed by atoms with Crippen molar-refractivity contribution in [3.63, 3.8) is 0 Å². The molecule has 0 saturated heterocycles. The van der Waals surface area contributed by atoms with Crippen molar-refractivity contribution in [3.8, 4) is 0 Å². The maximum Gasteiger partial charge on any atom is 0.175 e. The Hall–Kier alpha value is -1.04. The Labute approximate surface area is 143 Å². The molecule has 2 aromatic carbocycles. The zero-order valence-electron chi connectivity index (χ0n) is 10.9. The SMILES string of the molecule is O=C(CSc1ccc(Br)cc1)c1c[nH]c2ccc(Br)cc12. The Balaban J connectivity index is 1.78. The van der Waals surface area contributed by atoms with Gasteiger partial charge in [0.05, 0.1) is 5.75 Å². The van der Waals surface area contributed by atoms with Crippen molar-refractivity contribution < 1.29 is 4.79 Å². The van der Waals surface area contributed by atoms with Crippen molar-refractivity contribution in [2.24, 2.45) is 0 Å². The molecule has 21 heavy (non-hydrogen) atoms. The number of halogens is 2. The van der Waals surface area contributed by atoms with Crippen LogP contribution in [-0.2, 0) is 0 Å². The lowest BCUT2D eigenvalue weighted by molar-refractivity contribution is 0.102. The summed E-state index contributed by atoms with van der Waals surface area (Å²) in [5.74, 6) is 0.563. The van der Waals surface area contributed by atoms with Gasteiger partial charge >= 0.3 is 0 Å². The van der Waals surface area contributed by atoms with Crippen LogP contribution in [0.5, 0.6) is 0 Å². The Bertz CT molecular complexity index is 796. The van der Waals surface area contributed by atoms with Crippen molar-refractivity contribution in [2.75, 3.05) is 5.75 Å². The molecule has 0 aliphatic carbocycles. The van der Waals surface area contributed by atoms with E-state index in [1.54, 1.807) is 18.0 Å². The molecule has 3 rings (SSSR count). The third kappa shape index (κ3) is 3.42. The fourth-order valence-electron chi connectivity index (χ4n) is 2.08. The van der Waals surface area contributed by atoms with Crippen LogP contribution in [0.2, 0.25) is 0 Å². The van der Waals surface area contributed by atoms with E-state index in [4.69, 9.17) is 0 Å². The molecule has 0 amide bonds. The maximum atomic E-state index is 12.4. The minimum atomic E-state index is 0.132. The summed E-state index contributed by atoms with van der Waals surface area (Å²) in [6.45, 7) is 0. The number of hydrogen-bond acceptors (Lipinski definition) is 2. The summed E-state index contributed by atoms with van der Waals surface area (Å²) in [7, 11) is 0. The normalized spacial score (nSPS) is 11.0. The monoisotopic (exact) mass is 423 g/mol. The molecule has 5 heteroatoms. The van der Waals surface area contributed by atoms with Crippen molar-refractivity contribution in [1.29, 1.82) is 0 Å². The second-order valence-corrected chi connectivity index (χ2v) is 7.44. The van der Waals surface area contributed by atoms with E-state index in [1.165, 1.54) is 0 Å². The van der Waals surface area contributed by atoms with Gasteiger partial charge in [-0.05, 0) is 42.5 Å². The number of benzene rings is 2. The summed E-state index contributed by atoms with van der Waals surface area (Å²) < 4.78 is 2.02. The van der Waals surface area contributed by atoms with Gasteiger partial charge in [0.1, 0.15) is 0 Å². The number of rotatable bonds is 4. The van der Waals surface area contributed by atoms with Crippen molar-refractivity contribution in [1.82, 2.24) is 4.98 Å². The van der Waals surface area contributed by atoms with E-state index in [-0.39, 0.29) is 5.78 Å². The highest BCUT2D eigenvalue weighted by Crippen LogP contribution is 2.26. The molecular weight excluding hydrogens is 414 g/mol. The largest absolute Gasteiger partial charge is 0.360 e. The maximum absolute atomic E-state index is 12.4. The van der Waals surface area contributed by atoms with E-state index < -0.39 is 0 Å². The Morgan fingerprint density at radius 1 is 1.05 bits per heavy atom. The Morgan fingerprint density at radius 2 is 1.76 bits per heavy atom. The van der Waals surface area contributed by atoms with Crippen LogP contribution in [0.25, 0.3) is 10.9 Å². The first-order valence-corrected chi connectivity index (χ1v) is 8.89. The lowest BCUT2D eigenvalue weighted by atomic mass is 10.1. The smallest absolute Gasteiger partial charge is 0.175 e. The van der Waals surface area contributed by atoms with Crippen LogP contribution in [0, 0.1) is 0 Å². The number of aromatic nitrogens is 1. The fourth-order valence-corrected chi connectivity index (χ4v) is 3.49. The quantitative estimate of drug-likeness (QED) is 0.432. The standard InChI is InChI=1S/C16H11Br2NOS/c17-10-1-4-12(5-2-10)21-9-16(20)14-8-19-15-6-3-11(18)7-13(14)15/h1-8,19H,9H2. The Kier molecular flexibility index (Phi) is 4.52. The van der Waals surface area contributed by atoms with E-state index >= 15 is 0 Å². The highest BCUT2D eigenvalue weighted by Gasteiger charge is 2.12. The van der Waals surface area contributed by atoms with Crippen LogP contribution in [0.3, 0.4) is 0 Å². The van der Waals surface area contributed by atoms with Crippen LogP contribution in [0.4, 0.5) is 0 Å². The number of nitrogens with one attached hydrogen (secondary N) is 1. The fraction of sp³-hybridized carbons (Fsp3) is 0.0625. The molecule has 0 bridgehead atoms. The average Bonchev–Trinajstić information content (AvgIpc) is 2.89. The number of thioether (sulfide) groups is 1. The van der Waals surface area contributed by atoms with E-state index in [2.05, 4.69) is 36.8 Å². The minimum absolute atomic E-state index is 0.132. The van der Waals surface area contributed by atoms with Gasteiger partial charge in [0.25, 0.3) is 0 Å². The van der Waals surface area contributed by atoms with Gasteiger partial charge < -0.3 is 4.98 Å². The summed E-state index contributed by atoms with van der Waals surface area (Å²) in [5.41, 5.74) is 1.73. The molecule has 3 aromatic rings. The van der Waals surface area contributed by atoms with Crippen molar-refractivity contribution in [2.45, 2.75) is 4.90 Å². The van der Waals surface area contributed by atoms with Gasteiger partial charge in [-0.1, -0.05) is 31.9 Å². The van der Waals surface area contributed by atoms with Gasteiger partial charge in [0.15, 0.2) is 5.78 Å². The number of carbonyl (C=O) groups is 1. The highest BCUT2D eigenvalue weighted by atomic mass is 79.9. The molecule has 1 aromatic heterocycles. The molecule has 0 aliphatic heterocycles. The van der Waals surface area contributed by atoms with Gasteiger partial charge in [0.2, 0.25) is 0 Å². The highest BCUT2D eigenvalue weighted by molar-refractivity contribution is 9.10. The van der Waals surface area contributed by atoms with Gasteiger partial charge in [-0.25, -0.2) is 0 Å². The van der Waals surface area contributed by atoms with Gasteiger partial charge in [-0.3, -0.25) is 4.79 Å².